The van der Waals surface area contributed by atoms with Crippen molar-refractivity contribution in [2.24, 2.45) is 11.8 Å². The number of nitrogens with two attached hydrogens (primary N) is 1. The highest BCUT2D eigenvalue weighted by atomic mass is 19.2. The summed E-state index contributed by atoms with van der Waals surface area (Å²) >= 11 is 0. The number of rotatable bonds is 4. The molecule has 0 saturated heterocycles. The normalized spacial score (nSPS) is 19.1. The molecule has 1 aromatic carbocycles. The first kappa shape index (κ1) is 14.4. The van der Waals surface area contributed by atoms with Crippen LogP contribution in [0.15, 0.2) is 18.2 Å². The van der Waals surface area contributed by atoms with Gasteiger partial charge in [0.15, 0.2) is 11.6 Å². The summed E-state index contributed by atoms with van der Waals surface area (Å²) in [6.45, 7) is 0. The second-order valence-electron chi connectivity index (χ2n) is 5.44. The zero-order valence-electron chi connectivity index (χ0n) is 11.2. The van der Waals surface area contributed by atoms with Gasteiger partial charge >= 0.3 is 0 Å². The van der Waals surface area contributed by atoms with Crippen molar-refractivity contribution in [3.63, 3.8) is 0 Å². The number of nitrogens with one attached hydrogen (secondary N) is 1. The molecule has 106 valence electrons. The third-order valence-electron chi connectivity index (χ3n) is 4.15. The van der Waals surface area contributed by atoms with Crippen molar-refractivity contribution >= 4 is 0 Å². The molecule has 0 aliphatic heterocycles. The molecule has 1 fully saturated rings. The Morgan fingerprint density at radius 2 is 1.84 bits per heavy atom. The molecule has 0 heterocycles. The van der Waals surface area contributed by atoms with Crippen LogP contribution in [0.2, 0.25) is 0 Å². The van der Waals surface area contributed by atoms with Crippen LogP contribution in [0.3, 0.4) is 0 Å². The van der Waals surface area contributed by atoms with Crippen LogP contribution in [0.4, 0.5) is 8.78 Å². The Bertz CT molecular complexity index is 401. The maximum Gasteiger partial charge on any atom is 0.162 e. The predicted octanol–water partition coefficient (Wildman–Crippen LogP) is 3.31. The molecule has 0 aromatic heterocycles. The van der Waals surface area contributed by atoms with Crippen LogP contribution in [0, 0.1) is 17.6 Å². The number of hydrogen-bond donors (Lipinski definition) is 2. The molecule has 0 amide bonds. The minimum absolute atomic E-state index is 0.0226. The van der Waals surface area contributed by atoms with E-state index in [0.717, 1.165) is 18.9 Å². The zero-order valence-corrected chi connectivity index (χ0v) is 11.2. The van der Waals surface area contributed by atoms with E-state index in [0.29, 0.717) is 17.9 Å². The fourth-order valence-corrected chi connectivity index (χ4v) is 3.02. The molecule has 1 aliphatic carbocycles. The zero-order chi connectivity index (χ0) is 13.7. The van der Waals surface area contributed by atoms with E-state index in [-0.39, 0.29) is 6.04 Å². The van der Waals surface area contributed by atoms with E-state index in [1.54, 1.807) is 12.1 Å². The minimum Gasteiger partial charge on any atom is -0.271 e. The van der Waals surface area contributed by atoms with Crippen LogP contribution >= 0.6 is 0 Å². The summed E-state index contributed by atoms with van der Waals surface area (Å²) in [5.41, 5.74) is 3.22. The Hall–Kier alpha value is -1.00. The van der Waals surface area contributed by atoms with Gasteiger partial charge in [-0.15, -0.1) is 0 Å². The second kappa shape index (κ2) is 6.96. The third-order valence-corrected chi connectivity index (χ3v) is 4.15. The average molecular weight is 268 g/mol. The SMILES string of the molecule is NNC(Cc1cccc(F)c1F)C1CCCCCC1. The van der Waals surface area contributed by atoms with Gasteiger partial charge in [-0.05, 0) is 36.8 Å². The standard InChI is InChI=1S/C15H22F2N2/c16-13-9-5-8-12(15(13)17)10-14(19-18)11-6-3-1-2-4-7-11/h5,8-9,11,14,19H,1-4,6-7,10,18H2. The van der Waals surface area contributed by atoms with Gasteiger partial charge in [0, 0.05) is 6.04 Å². The fraction of sp³-hybridized carbons (Fsp3) is 0.600. The highest BCUT2D eigenvalue weighted by molar-refractivity contribution is 5.20. The quantitative estimate of drug-likeness (QED) is 0.499. The van der Waals surface area contributed by atoms with Crippen LogP contribution < -0.4 is 11.3 Å². The number of benzene rings is 1. The summed E-state index contributed by atoms with van der Waals surface area (Å²) in [4.78, 5) is 0. The average Bonchev–Trinajstić information content (AvgIpc) is 2.69. The van der Waals surface area contributed by atoms with E-state index in [4.69, 9.17) is 5.84 Å². The molecule has 1 atom stereocenters. The van der Waals surface area contributed by atoms with Gasteiger partial charge in [-0.2, -0.15) is 0 Å². The van der Waals surface area contributed by atoms with E-state index >= 15 is 0 Å². The topological polar surface area (TPSA) is 38.0 Å². The summed E-state index contributed by atoms with van der Waals surface area (Å²) in [7, 11) is 0. The number of hydrogen-bond acceptors (Lipinski definition) is 2. The molecular weight excluding hydrogens is 246 g/mol. The third kappa shape index (κ3) is 3.74. The maximum absolute atomic E-state index is 13.7. The van der Waals surface area contributed by atoms with E-state index in [1.165, 1.54) is 25.7 Å². The molecule has 2 nitrogen and oxygen atoms in total. The van der Waals surface area contributed by atoms with Crippen molar-refractivity contribution < 1.29 is 8.78 Å². The van der Waals surface area contributed by atoms with Crippen molar-refractivity contribution in [1.29, 1.82) is 0 Å². The lowest BCUT2D eigenvalue weighted by Gasteiger charge is -2.25. The first-order chi connectivity index (χ1) is 9.22. The number of hydrazine groups is 1. The van der Waals surface area contributed by atoms with Crippen molar-refractivity contribution in [3.05, 3.63) is 35.4 Å². The van der Waals surface area contributed by atoms with Crippen LogP contribution in [-0.2, 0) is 6.42 Å². The van der Waals surface area contributed by atoms with E-state index in [1.807, 2.05) is 0 Å². The van der Waals surface area contributed by atoms with Gasteiger partial charge in [-0.25, -0.2) is 8.78 Å². The van der Waals surface area contributed by atoms with Crippen LogP contribution in [0.5, 0.6) is 0 Å². The largest absolute Gasteiger partial charge is 0.271 e. The van der Waals surface area contributed by atoms with E-state index < -0.39 is 11.6 Å². The highest BCUT2D eigenvalue weighted by Crippen LogP contribution is 2.27. The van der Waals surface area contributed by atoms with Gasteiger partial charge in [0.05, 0.1) is 0 Å². The van der Waals surface area contributed by atoms with Gasteiger partial charge in [0.2, 0.25) is 0 Å². The first-order valence-corrected chi connectivity index (χ1v) is 7.11. The van der Waals surface area contributed by atoms with Crippen molar-refractivity contribution in [3.8, 4) is 0 Å². The Morgan fingerprint density at radius 1 is 1.16 bits per heavy atom. The minimum atomic E-state index is -0.783. The molecule has 1 aromatic rings. The summed E-state index contributed by atoms with van der Waals surface area (Å²) in [5, 5.41) is 0. The smallest absolute Gasteiger partial charge is 0.162 e. The van der Waals surface area contributed by atoms with E-state index in [9.17, 15) is 8.78 Å². The summed E-state index contributed by atoms with van der Waals surface area (Å²) in [5.74, 6) is 4.56. The molecule has 2 rings (SSSR count). The molecule has 19 heavy (non-hydrogen) atoms. The highest BCUT2D eigenvalue weighted by Gasteiger charge is 2.23. The number of halogens is 2. The van der Waals surface area contributed by atoms with Gasteiger partial charge in [-0.3, -0.25) is 11.3 Å². The van der Waals surface area contributed by atoms with Crippen molar-refractivity contribution in [1.82, 2.24) is 5.43 Å². The van der Waals surface area contributed by atoms with Crippen molar-refractivity contribution in [2.45, 2.75) is 51.0 Å². The second-order valence-corrected chi connectivity index (χ2v) is 5.44. The molecule has 0 spiro atoms. The molecule has 1 saturated carbocycles. The lowest BCUT2D eigenvalue weighted by Crippen LogP contribution is -2.42. The van der Waals surface area contributed by atoms with Crippen LogP contribution in [0.25, 0.3) is 0 Å². The first-order valence-electron chi connectivity index (χ1n) is 7.11. The molecule has 0 bridgehead atoms. The fourth-order valence-electron chi connectivity index (χ4n) is 3.02. The van der Waals surface area contributed by atoms with Crippen LogP contribution in [-0.4, -0.2) is 6.04 Å². The van der Waals surface area contributed by atoms with Gasteiger partial charge < -0.3 is 0 Å². The van der Waals surface area contributed by atoms with Gasteiger partial charge in [-0.1, -0.05) is 37.8 Å². The molecule has 4 heteroatoms. The van der Waals surface area contributed by atoms with Crippen LogP contribution in [0.1, 0.15) is 44.1 Å². The summed E-state index contributed by atoms with van der Waals surface area (Å²) < 4.78 is 26.9. The summed E-state index contributed by atoms with van der Waals surface area (Å²) in [6.07, 6.45) is 7.62. The molecule has 3 N–H and O–H groups in total. The molecular formula is C15H22F2N2. The Labute approximate surface area is 113 Å². The molecule has 1 unspecified atom stereocenters. The summed E-state index contributed by atoms with van der Waals surface area (Å²) in [6, 6.07) is 4.36. The lowest BCUT2D eigenvalue weighted by atomic mass is 9.88. The Balaban J connectivity index is 2.07. The van der Waals surface area contributed by atoms with E-state index in [2.05, 4.69) is 5.43 Å². The molecule has 1 aliphatic rings. The monoisotopic (exact) mass is 268 g/mol. The van der Waals surface area contributed by atoms with Gasteiger partial charge in [0.25, 0.3) is 0 Å². The Morgan fingerprint density at radius 3 is 2.47 bits per heavy atom. The molecule has 0 radical (unpaired) electrons. The Kier molecular flexibility index (Phi) is 5.28. The van der Waals surface area contributed by atoms with Gasteiger partial charge in [0.1, 0.15) is 0 Å². The maximum atomic E-state index is 13.7. The predicted molar refractivity (Wildman–Crippen MR) is 72.4 cm³/mol. The lowest BCUT2D eigenvalue weighted by molar-refractivity contribution is 0.317. The van der Waals surface area contributed by atoms with Crippen molar-refractivity contribution in [2.75, 3.05) is 0 Å².